The van der Waals surface area contributed by atoms with Gasteiger partial charge < -0.3 is 59.8 Å². The van der Waals surface area contributed by atoms with E-state index in [1.165, 1.54) is 31.4 Å². The van der Waals surface area contributed by atoms with Gasteiger partial charge in [0.05, 0.1) is 19.3 Å². The first-order chi connectivity index (χ1) is 16.1. The third-order valence-electron chi connectivity index (χ3n) is 5.60. The molecule has 1 saturated heterocycles. The molecule has 34 heavy (non-hydrogen) atoms. The second-order valence-corrected chi connectivity index (χ2v) is 7.83. The topological polar surface area (TPSA) is 199 Å². The van der Waals surface area contributed by atoms with Crippen LogP contribution in [0.1, 0.15) is 17.2 Å². The van der Waals surface area contributed by atoms with Gasteiger partial charge in [0.15, 0.2) is 17.6 Å². The summed E-state index contributed by atoms with van der Waals surface area (Å²) in [5.41, 5.74) is 0.320. The minimum atomic E-state index is -1.73. The normalized spacial score (nSPS) is 28.4. The van der Waals surface area contributed by atoms with Crippen LogP contribution in [-0.4, -0.2) is 85.3 Å². The highest BCUT2D eigenvalue weighted by Gasteiger charge is 2.46. The van der Waals surface area contributed by atoms with E-state index >= 15 is 0 Å². The van der Waals surface area contributed by atoms with Gasteiger partial charge in [-0.3, -0.25) is 0 Å². The first kappa shape index (κ1) is 23.7. The molecule has 0 radical (unpaired) electrons. The van der Waals surface area contributed by atoms with E-state index in [0.29, 0.717) is 0 Å². The van der Waals surface area contributed by atoms with Gasteiger partial charge in [0.1, 0.15) is 47.4 Å². The highest BCUT2D eigenvalue weighted by Crippen LogP contribution is 2.47. The largest absolute Gasteiger partial charge is 0.508 e. The van der Waals surface area contributed by atoms with Crippen LogP contribution in [0.15, 0.2) is 30.0 Å². The van der Waals surface area contributed by atoms with Gasteiger partial charge in [-0.25, -0.2) is 0 Å². The summed E-state index contributed by atoms with van der Waals surface area (Å²) in [6.45, 7) is -0.671. The molecule has 8 N–H and O–H groups in total. The molecule has 12 nitrogen and oxygen atoms in total. The molecule has 2 aliphatic rings. The Kier molecular flexibility index (Phi) is 6.34. The Labute approximate surface area is 192 Å². The van der Waals surface area contributed by atoms with Crippen LogP contribution in [0.4, 0.5) is 0 Å². The van der Waals surface area contributed by atoms with Crippen LogP contribution in [-0.2, 0) is 9.47 Å². The third kappa shape index (κ3) is 4.13. The number of ether oxygens (including phenoxy) is 4. The van der Waals surface area contributed by atoms with Gasteiger partial charge in [-0.15, -0.1) is 0 Å². The second kappa shape index (κ2) is 9.08. The van der Waals surface area contributed by atoms with Crippen LogP contribution in [0.25, 0.3) is 6.08 Å². The quantitative estimate of drug-likeness (QED) is 0.263. The monoisotopic (exact) mass is 480 g/mol. The predicted octanol–water partition coefficient (Wildman–Crippen LogP) is -0.191. The molecule has 1 unspecified atom stereocenters. The summed E-state index contributed by atoms with van der Waals surface area (Å²) < 4.78 is 22.1. The van der Waals surface area contributed by atoms with Crippen LogP contribution in [0.2, 0.25) is 0 Å². The number of aliphatic hydroxyl groups excluding tert-OH is 4. The molecule has 0 spiro atoms. The Bertz CT molecular complexity index is 1100. The Morgan fingerprint density at radius 1 is 0.912 bits per heavy atom. The molecule has 2 aromatic carbocycles. The van der Waals surface area contributed by atoms with Crippen molar-refractivity contribution >= 4 is 6.08 Å². The number of benzene rings is 2. The summed E-state index contributed by atoms with van der Waals surface area (Å²) in [7, 11) is 1.27. The molecular weight excluding hydrogens is 456 g/mol. The maximum atomic E-state index is 10.4. The molecule has 12 heteroatoms. The second-order valence-electron chi connectivity index (χ2n) is 7.83. The van der Waals surface area contributed by atoms with Crippen molar-refractivity contribution in [2.24, 2.45) is 0 Å². The van der Waals surface area contributed by atoms with Crippen LogP contribution < -0.4 is 9.47 Å². The predicted molar refractivity (Wildman–Crippen MR) is 112 cm³/mol. The van der Waals surface area contributed by atoms with Crippen molar-refractivity contribution in [3.8, 4) is 34.5 Å². The lowest BCUT2D eigenvalue weighted by Crippen LogP contribution is -2.59. The smallest absolute Gasteiger partial charge is 0.228 e. The van der Waals surface area contributed by atoms with E-state index in [0.717, 1.165) is 6.07 Å². The maximum absolute atomic E-state index is 10.4. The van der Waals surface area contributed by atoms with Crippen molar-refractivity contribution in [3.63, 3.8) is 0 Å². The Morgan fingerprint density at radius 3 is 2.32 bits per heavy atom. The van der Waals surface area contributed by atoms with Crippen molar-refractivity contribution in [2.45, 2.75) is 36.8 Å². The first-order valence-corrected chi connectivity index (χ1v) is 10.2. The number of fused-ring (bicyclic) bond motifs is 1. The van der Waals surface area contributed by atoms with Crippen LogP contribution in [0.5, 0.6) is 34.5 Å². The molecule has 2 heterocycles. The van der Waals surface area contributed by atoms with Crippen molar-refractivity contribution in [1.29, 1.82) is 0 Å². The number of rotatable bonds is 5. The molecule has 2 aliphatic heterocycles. The molecule has 2 aromatic rings. The van der Waals surface area contributed by atoms with E-state index in [9.17, 15) is 40.9 Å². The molecule has 0 aromatic heterocycles. The minimum Gasteiger partial charge on any atom is -0.508 e. The highest BCUT2D eigenvalue weighted by molar-refractivity contribution is 5.70. The van der Waals surface area contributed by atoms with Gasteiger partial charge in [0.25, 0.3) is 0 Å². The van der Waals surface area contributed by atoms with Crippen molar-refractivity contribution < 1.29 is 59.8 Å². The van der Waals surface area contributed by atoms with Gasteiger partial charge in [0.2, 0.25) is 12.0 Å². The summed E-state index contributed by atoms with van der Waals surface area (Å²) in [6.07, 6.45) is -7.67. The summed E-state index contributed by atoms with van der Waals surface area (Å²) in [4.78, 5) is 0. The molecule has 0 saturated carbocycles. The summed E-state index contributed by atoms with van der Waals surface area (Å²) in [5, 5.41) is 80.1. The minimum absolute atomic E-state index is 0.0511. The molecule has 4 rings (SSSR count). The SMILES string of the molecule is COc1cc(C2Oc3cc(O)cc(O)c3C=C2O[C@@H]2O[C@H](CO)[C@H](O)[C@H](O)[C@H]2O)cc(O)c1O. The molecular formula is C22H24O12. The average Bonchev–Trinajstić information content (AvgIpc) is 2.81. The first-order valence-electron chi connectivity index (χ1n) is 10.2. The summed E-state index contributed by atoms with van der Waals surface area (Å²) >= 11 is 0. The number of aliphatic hydroxyl groups is 4. The maximum Gasteiger partial charge on any atom is 0.228 e. The van der Waals surface area contributed by atoms with E-state index in [1.54, 1.807) is 0 Å². The standard InChI is InChI=1S/C22H24O12/c1-31-14-3-8(2-12(26)17(14)27)21-15(6-10-11(25)4-9(24)5-13(10)32-21)33-22-20(30)19(29)18(28)16(7-23)34-22/h2-6,16,18-30H,7H2,1H3/t16-,18+,19+,20-,21?,22-/m1/s1. The summed E-state index contributed by atoms with van der Waals surface area (Å²) in [6, 6.07) is 4.82. The third-order valence-corrected chi connectivity index (χ3v) is 5.60. The number of aromatic hydroxyl groups is 4. The number of hydrogen-bond acceptors (Lipinski definition) is 12. The van der Waals surface area contributed by atoms with Crippen LogP contribution in [0, 0.1) is 0 Å². The zero-order valence-electron chi connectivity index (χ0n) is 17.8. The fraction of sp³-hybridized carbons (Fsp3) is 0.364. The van der Waals surface area contributed by atoms with Gasteiger partial charge in [-0.05, 0) is 18.2 Å². The lowest BCUT2D eigenvalue weighted by Gasteiger charge is -2.41. The summed E-state index contributed by atoms with van der Waals surface area (Å²) in [5.74, 6) is -1.80. The Hall–Kier alpha value is -3.42. The van der Waals surface area contributed by atoms with Crippen molar-refractivity contribution in [2.75, 3.05) is 13.7 Å². The highest BCUT2D eigenvalue weighted by atomic mass is 16.7. The molecule has 0 aliphatic carbocycles. The van der Waals surface area contributed by atoms with E-state index < -0.39 is 54.9 Å². The molecule has 0 amide bonds. The Morgan fingerprint density at radius 2 is 1.65 bits per heavy atom. The number of methoxy groups -OCH3 is 1. The lowest BCUT2D eigenvalue weighted by molar-refractivity contribution is -0.293. The molecule has 6 atom stereocenters. The zero-order chi connectivity index (χ0) is 24.7. The van der Waals surface area contributed by atoms with E-state index in [2.05, 4.69) is 0 Å². The van der Waals surface area contributed by atoms with Gasteiger partial charge in [0, 0.05) is 17.7 Å². The number of phenols is 4. The average molecular weight is 480 g/mol. The van der Waals surface area contributed by atoms with Gasteiger partial charge in [-0.1, -0.05) is 0 Å². The van der Waals surface area contributed by atoms with Crippen LogP contribution in [0.3, 0.4) is 0 Å². The van der Waals surface area contributed by atoms with E-state index in [-0.39, 0.29) is 39.9 Å². The number of phenolic OH excluding ortho intramolecular Hbond substituents is 4. The number of hydrogen-bond donors (Lipinski definition) is 8. The molecule has 184 valence electrons. The fourth-order valence-electron chi connectivity index (χ4n) is 3.79. The zero-order valence-corrected chi connectivity index (χ0v) is 17.8. The Balaban J connectivity index is 1.77. The van der Waals surface area contributed by atoms with Gasteiger partial charge >= 0.3 is 0 Å². The molecule has 1 fully saturated rings. The van der Waals surface area contributed by atoms with Crippen molar-refractivity contribution in [3.05, 3.63) is 41.2 Å². The van der Waals surface area contributed by atoms with E-state index in [4.69, 9.17) is 18.9 Å². The molecule has 0 bridgehead atoms. The van der Waals surface area contributed by atoms with Crippen molar-refractivity contribution in [1.82, 2.24) is 0 Å². The van der Waals surface area contributed by atoms with E-state index in [1.807, 2.05) is 0 Å². The van der Waals surface area contributed by atoms with Gasteiger partial charge in [-0.2, -0.15) is 0 Å². The lowest BCUT2D eigenvalue weighted by atomic mass is 9.98. The van der Waals surface area contributed by atoms with Crippen LogP contribution >= 0.6 is 0 Å². The fourth-order valence-corrected chi connectivity index (χ4v) is 3.79.